The van der Waals surface area contributed by atoms with E-state index in [2.05, 4.69) is 24.8 Å². The van der Waals surface area contributed by atoms with E-state index in [1.165, 1.54) is 19.1 Å². The van der Waals surface area contributed by atoms with Gasteiger partial charge in [-0.05, 0) is 33.2 Å². The summed E-state index contributed by atoms with van der Waals surface area (Å²) in [7, 11) is 1.47. The Kier molecular flexibility index (Phi) is 4.82. The van der Waals surface area contributed by atoms with Crippen LogP contribution in [0.2, 0.25) is 0 Å². The molecule has 0 N–H and O–H groups in total. The van der Waals surface area contributed by atoms with Gasteiger partial charge < -0.3 is 4.74 Å². The van der Waals surface area contributed by atoms with Gasteiger partial charge in [-0.25, -0.2) is 0 Å². The number of methoxy groups -OCH3 is 1. The summed E-state index contributed by atoms with van der Waals surface area (Å²) < 4.78 is 4.83. The molecule has 0 saturated carbocycles. The van der Waals surface area contributed by atoms with Crippen LogP contribution < -0.4 is 0 Å². The minimum absolute atomic E-state index is 0.0284. The van der Waals surface area contributed by atoms with Crippen LogP contribution >= 0.6 is 0 Å². The van der Waals surface area contributed by atoms with E-state index in [1.54, 1.807) is 0 Å². The maximum Gasteiger partial charge on any atom is 0.323 e. The highest BCUT2D eigenvalue weighted by Gasteiger charge is 2.28. The molecule has 1 unspecified atom stereocenters. The number of allylic oxidation sites excluding steroid dienone is 1. The molecule has 0 amide bonds. The fraction of sp³-hybridized carbons (Fsp3) is 0.750. The molecular formula is C12H21NO2. The average molecular weight is 211 g/mol. The van der Waals surface area contributed by atoms with Crippen molar-refractivity contribution in [2.24, 2.45) is 0 Å². The Morgan fingerprint density at radius 3 is 2.80 bits per heavy atom. The number of ether oxygens (including phenoxy) is 1. The van der Waals surface area contributed by atoms with Gasteiger partial charge in [-0.15, -0.1) is 0 Å². The summed E-state index contributed by atoms with van der Waals surface area (Å²) in [5.74, 6) is -0.0862. The summed E-state index contributed by atoms with van der Waals surface area (Å²) in [5, 5.41) is 0. The van der Waals surface area contributed by atoms with Gasteiger partial charge in [-0.3, -0.25) is 9.69 Å². The van der Waals surface area contributed by atoms with Gasteiger partial charge >= 0.3 is 5.97 Å². The fourth-order valence-corrected chi connectivity index (χ4v) is 1.91. The molecule has 1 atom stereocenters. The van der Waals surface area contributed by atoms with E-state index in [1.807, 2.05) is 0 Å². The zero-order valence-corrected chi connectivity index (χ0v) is 9.95. The molecule has 15 heavy (non-hydrogen) atoms. The third kappa shape index (κ3) is 3.67. The van der Waals surface area contributed by atoms with Crippen LogP contribution in [0.15, 0.2) is 11.6 Å². The number of likely N-dealkylation sites (tertiary alicyclic amines) is 1. The molecule has 1 saturated heterocycles. The van der Waals surface area contributed by atoms with E-state index in [-0.39, 0.29) is 12.0 Å². The number of carbonyl (C=O) groups excluding carboxylic acids is 1. The number of carbonyl (C=O) groups is 1. The molecule has 0 aromatic heterocycles. The van der Waals surface area contributed by atoms with E-state index in [0.717, 1.165) is 25.9 Å². The molecule has 0 aliphatic carbocycles. The molecule has 0 aromatic carbocycles. The Labute approximate surface area is 92.1 Å². The molecule has 1 fully saturated rings. The van der Waals surface area contributed by atoms with Crippen molar-refractivity contribution >= 4 is 5.97 Å². The zero-order chi connectivity index (χ0) is 11.3. The average Bonchev–Trinajstić information content (AvgIpc) is 2.25. The molecule has 3 nitrogen and oxygen atoms in total. The standard InChI is InChI=1S/C12H21NO2/c1-10(2)7-9-13-8-5-4-6-11(13)12(14)15-3/h7,11H,4-6,8-9H2,1-3H3. The second kappa shape index (κ2) is 5.91. The van der Waals surface area contributed by atoms with Crippen LogP contribution in [0, 0.1) is 0 Å². The monoisotopic (exact) mass is 211 g/mol. The van der Waals surface area contributed by atoms with Crippen molar-refractivity contribution in [3.63, 3.8) is 0 Å². The van der Waals surface area contributed by atoms with Crippen molar-refractivity contribution in [1.82, 2.24) is 4.90 Å². The van der Waals surface area contributed by atoms with Gasteiger partial charge in [0.05, 0.1) is 7.11 Å². The molecule has 0 spiro atoms. The third-order valence-electron chi connectivity index (χ3n) is 2.82. The first-order chi connectivity index (χ1) is 7.15. The summed E-state index contributed by atoms with van der Waals surface area (Å²) in [4.78, 5) is 13.7. The number of piperidine rings is 1. The Hall–Kier alpha value is -0.830. The van der Waals surface area contributed by atoms with Crippen LogP contribution in [0.1, 0.15) is 33.1 Å². The number of hydrogen-bond acceptors (Lipinski definition) is 3. The van der Waals surface area contributed by atoms with E-state index in [4.69, 9.17) is 4.74 Å². The van der Waals surface area contributed by atoms with Gasteiger partial charge in [0.25, 0.3) is 0 Å². The lowest BCUT2D eigenvalue weighted by atomic mass is 10.0. The summed E-state index contributed by atoms with van der Waals surface area (Å²) >= 11 is 0. The highest BCUT2D eigenvalue weighted by Crippen LogP contribution is 2.18. The number of rotatable bonds is 3. The molecule has 0 radical (unpaired) electrons. The normalized spacial score (nSPS) is 22.2. The Bertz CT molecular complexity index is 244. The van der Waals surface area contributed by atoms with Crippen molar-refractivity contribution in [2.45, 2.75) is 39.2 Å². The van der Waals surface area contributed by atoms with Crippen LogP contribution in [-0.2, 0) is 9.53 Å². The maximum absolute atomic E-state index is 11.5. The quantitative estimate of drug-likeness (QED) is 0.528. The van der Waals surface area contributed by atoms with Crippen LogP contribution in [-0.4, -0.2) is 37.1 Å². The minimum Gasteiger partial charge on any atom is -0.468 e. The Morgan fingerprint density at radius 2 is 2.20 bits per heavy atom. The summed E-state index contributed by atoms with van der Waals surface area (Å²) in [6.45, 7) is 6.03. The van der Waals surface area contributed by atoms with E-state index in [0.29, 0.717) is 0 Å². The number of hydrogen-bond donors (Lipinski definition) is 0. The molecule has 1 rings (SSSR count). The summed E-state index contributed by atoms with van der Waals surface area (Å²) in [6, 6.07) is -0.0284. The van der Waals surface area contributed by atoms with Gasteiger partial charge in [0.1, 0.15) is 6.04 Å². The molecule has 0 bridgehead atoms. The van der Waals surface area contributed by atoms with Crippen LogP contribution in [0.4, 0.5) is 0 Å². The van der Waals surface area contributed by atoms with E-state index >= 15 is 0 Å². The van der Waals surface area contributed by atoms with Crippen molar-refractivity contribution in [3.05, 3.63) is 11.6 Å². The van der Waals surface area contributed by atoms with Gasteiger partial charge in [-0.2, -0.15) is 0 Å². The van der Waals surface area contributed by atoms with Crippen LogP contribution in [0.3, 0.4) is 0 Å². The van der Waals surface area contributed by atoms with Crippen molar-refractivity contribution in [2.75, 3.05) is 20.2 Å². The Morgan fingerprint density at radius 1 is 1.47 bits per heavy atom. The predicted octanol–water partition coefficient (Wildman–Crippen LogP) is 1.98. The van der Waals surface area contributed by atoms with Crippen molar-refractivity contribution in [3.8, 4) is 0 Å². The van der Waals surface area contributed by atoms with Gasteiger partial charge in [0.15, 0.2) is 0 Å². The SMILES string of the molecule is COC(=O)C1CCCCN1CC=C(C)C. The van der Waals surface area contributed by atoms with Gasteiger partial charge in [-0.1, -0.05) is 18.1 Å². The first-order valence-electron chi connectivity index (χ1n) is 5.60. The van der Waals surface area contributed by atoms with Crippen molar-refractivity contribution in [1.29, 1.82) is 0 Å². The van der Waals surface area contributed by atoms with E-state index in [9.17, 15) is 4.79 Å². The second-order valence-corrected chi connectivity index (χ2v) is 4.31. The van der Waals surface area contributed by atoms with E-state index < -0.39 is 0 Å². The lowest BCUT2D eigenvalue weighted by Gasteiger charge is -2.32. The smallest absolute Gasteiger partial charge is 0.323 e. The summed E-state index contributed by atoms with van der Waals surface area (Å²) in [6.07, 6.45) is 5.42. The first kappa shape index (κ1) is 12.2. The lowest BCUT2D eigenvalue weighted by Crippen LogP contribution is -2.45. The fourth-order valence-electron chi connectivity index (χ4n) is 1.91. The maximum atomic E-state index is 11.5. The molecule has 0 aromatic rings. The predicted molar refractivity (Wildman–Crippen MR) is 60.7 cm³/mol. The topological polar surface area (TPSA) is 29.5 Å². The molecule has 86 valence electrons. The second-order valence-electron chi connectivity index (χ2n) is 4.31. The van der Waals surface area contributed by atoms with Gasteiger partial charge in [0, 0.05) is 6.54 Å². The van der Waals surface area contributed by atoms with Crippen LogP contribution in [0.25, 0.3) is 0 Å². The highest BCUT2D eigenvalue weighted by molar-refractivity contribution is 5.75. The number of nitrogens with zero attached hydrogens (tertiary/aromatic N) is 1. The Balaban J connectivity index is 2.57. The molecule has 1 heterocycles. The minimum atomic E-state index is -0.0862. The summed E-state index contributed by atoms with van der Waals surface area (Å²) in [5.41, 5.74) is 1.30. The molecule has 1 aliphatic rings. The number of esters is 1. The molecule has 3 heteroatoms. The van der Waals surface area contributed by atoms with Crippen LogP contribution in [0.5, 0.6) is 0 Å². The van der Waals surface area contributed by atoms with Gasteiger partial charge in [0.2, 0.25) is 0 Å². The van der Waals surface area contributed by atoms with Crippen molar-refractivity contribution < 1.29 is 9.53 Å². The molecule has 1 aliphatic heterocycles. The largest absolute Gasteiger partial charge is 0.468 e. The zero-order valence-electron chi connectivity index (χ0n) is 9.95. The lowest BCUT2D eigenvalue weighted by molar-refractivity contribution is -0.148. The third-order valence-corrected chi connectivity index (χ3v) is 2.82. The molecular weight excluding hydrogens is 190 g/mol. The first-order valence-corrected chi connectivity index (χ1v) is 5.60. The highest BCUT2D eigenvalue weighted by atomic mass is 16.5.